The second-order valence-electron chi connectivity index (χ2n) is 4.13. The number of carbonyl (C=O) groups is 1. The number of nitrogens with zero attached hydrogens (tertiary/aromatic N) is 1. The standard InChI is InChI=1S/C11H14N2O5/c12-10(17)6-2-1-3-13(4-6)11-9(16)8(15)7(5-14)18-11/h1-4,7-9,11,14-16H,5H2,(H-,12,17)/p+1/t7?,8-,9?,11-/m1/s1. The molecule has 0 spiro atoms. The number of ether oxygens (including phenoxy) is 1. The van der Waals surface area contributed by atoms with E-state index in [2.05, 4.69) is 0 Å². The number of aromatic nitrogens is 1. The van der Waals surface area contributed by atoms with Crippen LogP contribution >= 0.6 is 0 Å². The topological polar surface area (TPSA) is 117 Å². The van der Waals surface area contributed by atoms with Gasteiger partial charge in [-0.15, -0.1) is 0 Å². The highest BCUT2D eigenvalue weighted by molar-refractivity contribution is 5.92. The number of amides is 1. The Hall–Kier alpha value is -1.54. The zero-order valence-corrected chi connectivity index (χ0v) is 9.51. The second-order valence-corrected chi connectivity index (χ2v) is 4.13. The number of hydrogen-bond acceptors (Lipinski definition) is 5. The molecular weight excluding hydrogens is 240 g/mol. The van der Waals surface area contributed by atoms with Crippen LogP contribution in [0.4, 0.5) is 0 Å². The largest absolute Gasteiger partial charge is 0.394 e. The number of nitrogens with two attached hydrogens (primary N) is 1. The molecule has 1 aromatic heterocycles. The number of aliphatic hydroxyl groups excluding tert-OH is 3. The van der Waals surface area contributed by atoms with Crippen molar-refractivity contribution in [2.45, 2.75) is 24.5 Å². The first kappa shape index (κ1) is 12.9. The van der Waals surface area contributed by atoms with Crippen LogP contribution in [0.2, 0.25) is 0 Å². The molecule has 2 unspecified atom stereocenters. The van der Waals surface area contributed by atoms with Gasteiger partial charge in [0, 0.05) is 6.07 Å². The van der Waals surface area contributed by atoms with E-state index in [0.29, 0.717) is 0 Å². The van der Waals surface area contributed by atoms with Crippen LogP contribution in [0.3, 0.4) is 0 Å². The van der Waals surface area contributed by atoms with Crippen molar-refractivity contribution in [1.82, 2.24) is 0 Å². The van der Waals surface area contributed by atoms with Gasteiger partial charge >= 0.3 is 0 Å². The molecule has 0 saturated carbocycles. The normalized spacial score (nSPS) is 31.5. The minimum absolute atomic E-state index is 0.259. The summed E-state index contributed by atoms with van der Waals surface area (Å²) in [6.45, 7) is -0.398. The summed E-state index contributed by atoms with van der Waals surface area (Å²) >= 11 is 0. The molecule has 0 bridgehead atoms. The SMILES string of the molecule is NC(=O)c1ccc[n+]([C@@H]2OC(CO)[C@@H](O)C2O)c1. The molecule has 0 radical (unpaired) electrons. The number of primary amides is 1. The third-order valence-corrected chi connectivity index (χ3v) is 2.92. The zero-order valence-electron chi connectivity index (χ0n) is 9.51. The van der Waals surface area contributed by atoms with Crippen molar-refractivity contribution in [3.8, 4) is 0 Å². The zero-order chi connectivity index (χ0) is 13.3. The molecule has 7 nitrogen and oxygen atoms in total. The van der Waals surface area contributed by atoms with Crippen LogP contribution in [-0.2, 0) is 4.74 Å². The maximum atomic E-state index is 11.1. The van der Waals surface area contributed by atoms with Crippen LogP contribution in [0.1, 0.15) is 16.6 Å². The third kappa shape index (κ3) is 2.21. The first-order valence-electron chi connectivity index (χ1n) is 5.47. The van der Waals surface area contributed by atoms with Crippen molar-refractivity contribution in [1.29, 1.82) is 0 Å². The summed E-state index contributed by atoms with van der Waals surface area (Å²) in [7, 11) is 0. The Morgan fingerprint density at radius 3 is 2.72 bits per heavy atom. The summed E-state index contributed by atoms with van der Waals surface area (Å²) < 4.78 is 6.75. The average Bonchev–Trinajstić information content (AvgIpc) is 2.66. The summed E-state index contributed by atoms with van der Waals surface area (Å²) in [5.74, 6) is -0.601. The minimum Gasteiger partial charge on any atom is -0.394 e. The lowest BCUT2D eigenvalue weighted by Gasteiger charge is -2.09. The smallest absolute Gasteiger partial charge is 0.292 e. The molecule has 1 amide bonds. The van der Waals surface area contributed by atoms with Crippen LogP contribution < -0.4 is 10.3 Å². The highest BCUT2D eigenvalue weighted by Gasteiger charge is 2.47. The Morgan fingerprint density at radius 2 is 2.17 bits per heavy atom. The fraction of sp³-hybridized carbons (Fsp3) is 0.455. The van der Waals surface area contributed by atoms with E-state index < -0.39 is 37.1 Å². The lowest BCUT2D eigenvalue weighted by atomic mass is 10.1. The van der Waals surface area contributed by atoms with Gasteiger partial charge in [-0.25, -0.2) is 0 Å². The Morgan fingerprint density at radius 1 is 1.44 bits per heavy atom. The van der Waals surface area contributed by atoms with Crippen LogP contribution in [0.15, 0.2) is 24.5 Å². The Bertz CT molecular complexity index is 453. The van der Waals surface area contributed by atoms with Crippen molar-refractivity contribution < 1.29 is 29.4 Å². The average molecular weight is 255 g/mol. The number of rotatable bonds is 3. The maximum Gasteiger partial charge on any atom is 0.292 e. The van der Waals surface area contributed by atoms with Crippen molar-refractivity contribution in [3.63, 3.8) is 0 Å². The van der Waals surface area contributed by atoms with E-state index in [-0.39, 0.29) is 5.56 Å². The molecule has 1 saturated heterocycles. The first-order chi connectivity index (χ1) is 8.54. The van der Waals surface area contributed by atoms with Crippen LogP contribution in [0, 0.1) is 0 Å². The third-order valence-electron chi connectivity index (χ3n) is 2.92. The predicted molar refractivity (Wildman–Crippen MR) is 58.2 cm³/mol. The van der Waals surface area contributed by atoms with Gasteiger partial charge in [-0.2, -0.15) is 4.57 Å². The lowest BCUT2D eigenvalue weighted by Crippen LogP contribution is -2.46. The van der Waals surface area contributed by atoms with Gasteiger partial charge in [0.15, 0.2) is 18.5 Å². The molecular formula is C11H15N2O5+. The van der Waals surface area contributed by atoms with Gasteiger partial charge in [-0.1, -0.05) is 0 Å². The van der Waals surface area contributed by atoms with Crippen molar-refractivity contribution in [3.05, 3.63) is 30.1 Å². The summed E-state index contributed by atoms with van der Waals surface area (Å²) in [6, 6.07) is 3.11. The van der Waals surface area contributed by atoms with Crippen molar-refractivity contribution in [2.24, 2.45) is 5.73 Å². The molecule has 4 atom stereocenters. The first-order valence-corrected chi connectivity index (χ1v) is 5.47. The van der Waals surface area contributed by atoms with E-state index in [0.717, 1.165) is 0 Å². The van der Waals surface area contributed by atoms with Gasteiger partial charge in [0.25, 0.3) is 12.1 Å². The Balaban J connectivity index is 2.27. The summed E-state index contributed by atoms with van der Waals surface area (Å²) in [6.07, 6.45) is -1.08. The summed E-state index contributed by atoms with van der Waals surface area (Å²) in [5.41, 5.74) is 5.41. The number of carbonyl (C=O) groups excluding carboxylic acids is 1. The van der Waals surface area contributed by atoms with E-state index in [1.807, 2.05) is 0 Å². The van der Waals surface area contributed by atoms with Crippen molar-refractivity contribution in [2.75, 3.05) is 6.61 Å². The molecule has 1 fully saturated rings. The van der Waals surface area contributed by atoms with Gasteiger partial charge in [0.05, 0.1) is 6.61 Å². The monoisotopic (exact) mass is 255 g/mol. The fourth-order valence-electron chi connectivity index (χ4n) is 1.92. The molecule has 98 valence electrons. The summed E-state index contributed by atoms with van der Waals surface area (Å²) in [4.78, 5) is 11.1. The van der Waals surface area contributed by atoms with Crippen LogP contribution in [-0.4, -0.2) is 46.1 Å². The fourth-order valence-corrected chi connectivity index (χ4v) is 1.92. The molecule has 1 aliphatic heterocycles. The molecule has 2 heterocycles. The van der Waals surface area contributed by atoms with Gasteiger partial charge in [0.1, 0.15) is 17.8 Å². The van der Waals surface area contributed by atoms with E-state index in [1.165, 1.54) is 16.8 Å². The van der Waals surface area contributed by atoms with E-state index in [9.17, 15) is 15.0 Å². The highest BCUT2D eigenvalue weighted by atomic mass is 16.6. The van der Waals surface area contributed by atoms with Gasteiger partial charge in [-0.3, -0.25) is 4.79 Å². The predicted octanol–water partition coefficient (Wildman–Crippen LogP) is -2.32. The Kier molecular flexibility index (Phi) is 3.58. The molecule has 18 heavy (non-hydrogen) atoms. The van der Waals surface area contributed by atoms with E-state index >= 15 is 0 Å². The molecule has 1 aliphatic rings. The quantitative estimate of drug-likeness (QED) is 0.453. The second kappa shape index (κ2) is 4.99. The maximum absolute atomic E-state index is 11.1. The number of pyridine rings is 1. The molecule has 1 aromatic rings. The molecule has 0 aliphatic carbocycles. The highest BCUT2D eigenvalue weighted by Crippen LogP contribution is 2.24. The lowest BCUT2D eigenvalue weighted by molar-refractivity contribution is -0.765. The van der Waals surface area contributed by atoms with Gasteiger partial charge < -0.3 is 25.8 Å². The molecule has 0 aromatic carbocycles. The Labute approximate surface area is 103 Å². The molecule has 2 rings (SSSR count). The van der Waals surface area contributed by atoms with Crippen LogP contribution in [0.5, 0.6) is 0 Å². The molecule has 7 heteroatoms. The van der Waals surface area contributed by atoms with Crippen LogP contribution in [0.25, 0.3) is 0 Å². The number of aliphatic hydroxyl groups is 3. The van der Waals surface area contributed by atoms with E-state index in [1.54, 1.807) is 12.3 Å². The minimum atomic E-state index is -1.18. The molecule has 5 N–H and O–H groups in total. The van der Waals surface area contributed by atoms with Crippen molar-refractivity contribution >= 4 is 5.91 Å². The van der Waals surface area contributed by atoms with Gasteiger partial charge in [0.2, 0.25) is 0 Å². The summed E-state index contributed by atoms with van der Waals surface area (Å²) in [5, 5.41) is 28.4. The van der Waals surface area contributed by atoms with E-state index in [4.69, 9.17) is 15.6 Å². The number of hydrogen-bond donors (Lipinski definition) is 4. The van der Waals surface area contributed by atoms with Gasteiger partial charge in [-0.05, 0) is 6.07 Å².